The molecule has 32 heavy (non-hydrogen) atoms. The number of carbonyl (C=O) groups is 1. The number of amides is 1. The summed E-state index contributed by atoms with van der Waals surface area (Å²) in [5.41, 5.74) is 2.91. The fourth-order valence-electron chi connectivity index (χ4n) is 4.79. The first-order valence-electron chi connectivity index (χ1n) is 12.3. The van der Waals surface area contributed by atoms with Crippen LogP contribution in [0.5, 0.6) is 0 Å². The van der Waals surface area contributed by atoms with Gasteiger partial charge in [0.1, 0.15) is 5.82 Å². The van der Waals surface area contributed by atoms with Crippen LogP contribution in [0.2, 0.25) is 0 Å². The normalized spacial score (nSPS) is 15.6. The molecule has 0 unspecified atom stereocenters. The van der Waals surface area contributed by atoms with E-state index in [0.717, 1.165) is 67.7 Å². The molecule has 1 aliphatic rings. The number of aryl methyl sites for hydroxylation is 2. The summed E-state index contributed by atoms with van der Waals surface area (Å²) in [6.45, 7) is 17.1. The molecule has 2 aromatic rings. The fourth-order valence-corrected chi connectivity index (χ4v) is 4.79. The van der Waals surface area contributed by atoms with Gasteiger partial charge in [-0.3, -0.25) is 4.79 Å². The molecule has 0 saturated carbocycles. The van der Waals surface area contributed by atoms with Crippen LogP contribution in [0.25, 0.3) is 0 Å². The third-order valence-electron chi connectivity index (χ3n) is 6.63. The number of hydrogen-bond donors (Lipinski definition) is 1. The Hall–Kier alpha value is -2.21. The minimum atomic E-state index is -0.143. The van der Waals surface area contributed by atoms with Crippen LogP contribution < -0.4 is 5.32 Å². The molecule has 1 aliphatic heterocycles. The van der Waals surface area contributed by atoms with Crippen LogP contribution in [-0.2, 0) is 13.0 Å². The van der Waals surface area contributed by atoms with E-state index in [0.29, 0.717) is 11.5 Å². The number of rotatable bonds is 9. The molecule has 1 atom stereocenters. The second-order valence-electron chi connectivity index (χ2n) is 9.89. The van der Waals surface area contributed by atoms with Gasteiger partial charge in [0, 0.05) is 38.2 Å². The molecule has 0 spiro atoms. The minimum absolute atomic E-state index is 0.0382. The third-order valence-corrected chi connectivity index (χ3v) is 6.63. The summed E-state index contributed by atoms with van der Waals surface area (Å²) in [7, 11) is 0. The maximum absolute atomic E-state index is 13.1. The predicted octanol–water partition coefficient (Wildman–Crippen LogP) is 4.71. The lowest BCUT2D eigenvalue weighted by Crippen LogP contribution is -2.33. The highest BCUT2D eigenvalue weighted by Gasteiger charge is 2.27. The first kappa shape index (κ1) is 24.4. The van der Waals surface area contributed by atoms with Crippen molar-refractivity contribution < 1.29 is 4.79 Å². The van der Waals surface area contributed by atoms with Crippen LogP contribution in [0.3, 0.4) is 0 Å². The Labute approximate surface area is 193 Å². The topological polar surface area (TPSA) is 63.1 Å². The van der Waals surface area contributed by atoms with Gasteiger partial charge in [-0.05, 0) is 44.2 Å². The van der Waals surface area contributed by atoms with Crippen molar-refractivity contribution in [3.63, 3.8) is 0 Å². The highest BCUT2D eigenvalue weighted by Crippen LogP contribution is 2.24. The van der Waals surface area contributed by atoms with E-state index in [1.165, 1.54) is 12.8 Å². The lowest BCUT2D eigenvalue weighted by molar-refractivity contribution is 0.0928. The number of nitrogens with zero attached hydrogens (tertiary/aromatic N) is 4. The number of benzene rings is 1. The van der Waals surface area contributed by atoms with Gasteiger partial charge in [-0.25, -0.2) is 0 Å². The molecule has 1 amide bonds. The maximum atomic E-state index is 13.1. The Kier molecular flexibility index (Phi) is 8.46. The molecule has 0 radical (unpaired) electrons. The highest BCUT2D eigenvalue weighted by atomic mass is 16.1. The van der Waals surface area contributed by atoms with Crippen molar-refractivity contribution in [2.24, 2.45) is 11.8 Å². The van der Waals surface area contributed by atoms with E-state index in [2.05, 4.69) is 58.7 Å². The molecule has 1 aromatic heterocycles. The highest BCUT2D eigenvalue weighted by molar-refractivity contribution is 5.94. The molecule has 6 heteroatoms. The average molecular weight is 440 g/mol. The predicted molar refractivity (Wildman–Crippen MR) is 130 cm³/mol. The van der Waals surface area contributed by atoms with Gasteiger partial charge in [-0.15, -0.1) is 10.2 Å². The molecule has 2 heterocycles. The molecule has 0 saturated heterocycles. The largest absolute Gasteiger partial charge is 0.342 e. The van der Waals surface area contributed by atoms with Crippen LogP contribution in [0.1, 0.15) is 86.1 Å². The number of carbonyl (C=O) groups excluding carboxylic acids is 1. The van der Waals surface area contributed by atoms with E-state index in [4.69, 9.17) is 0 Å². The smallest absolute Gasteiger partial charge is 0.251 e. The van der Waals surface area contributed by atoms with Crippen LogP contribution >= 0.6 is 0 Å². The van der Waals surface area contributed by atoms with Crippen LogP contribution in [0, 0.1) is 25.7 Å². The van der Waals surface area contributed by atoms with Crippen molar-refractivity contribution in [1.29, 1.82) is 0 Å². The maximum Gasteiger partial charge on any atom is 0.251 e. The zero-order valence-electron chi connectivity index (χ0n) is 20.8. The van der Waals surface area contributed by atoms with E-state index in [9.17, 15) is 4.79 Å². The second-order valence-corrected chi connectivity index (χ2v) is 9.89. The molecule has 0 bridgehead atoms. The zero-order valence-corrected chi connectivity index (χ0v) is 20.8. The first-order valence-corrected chi connectivity index (χ1v) is 12.3. The molecule has 176 valence electrons. The lowest BCUT2D eigenvalue weighted by atomic mass is 10.0. The van der Waals surface area contributed by atoms with Crippen LogP contribution in [0.4, 0.5) is 0 Å². The SMILES string of the molecule is CCC(CC)CN1CCc2nnc([C@H](CC(C)C)NC(=O)c3cc(C)cc(C)c3)n2CC1. The van der Waals surface area contributed by atoms with E-state index < -0.39 is 0 Å². The molecular formula is C26H41N5O. The zero-order chi connectivity index (χ0) is 23.3. The molecule has 3 rings (SSSR count). The Morgan fingerprint density at radius 3 is 2.34 bits per heavy atom. The van der Waals surface area contributed by atoms with Gasteiger partial charge in [0.05, 0.1) is 6.04 Å². The van der Waals surface area contributed by atoms with E-state index in [-0.39, 0.29) is 11.9 Å². The standard InChI is InChI=1S/C26H41N5O/c1-7-21(8-2)17-30-10-9-24-28-29-25(31(24)12-11-30)23(13-18(3)4)27-26(32)22-15-19(5)14-20(6)16-22/h14-16,18,21,23H,7-13,17H2,1-6H3,(H,27,32)/t23-/m0/s1. The van der Waals surface area contributed by atoms with Gasteiger partial charge in [0.15, 0.2) is 5.82 Å². The number of aromatic nitrogens is 3. The van der Waals surface area contributed by atoms with Crippen molar-refractivity contribution in [3.8, 4) is 0 Å². The van der Waals surface area contributed by atoms with Crippen LogP contribution in [0.15, 0.2) is 18.2 Å². The molecule has 6 nitrogen and oxygen atoms in total. The first-order chi connectivity index (χ1) is 15.3. The molecule has 0 aliphatic carbocycles. The summed E-state index contributed by atoms with van der Waals surface area (Å²) < 4.78 is 2.27. The van der Waals surface area contributed by atoms with E-state index in [1.807, 2.05) is 26.0 Å². The summed E-state index contributed by atoms with van der Waals surface area (Å²) >= 11 is 0. The Morgan fingerprint density at radius 2 is 1.72 bits per heavy atom. The Morgan fingerprint density at radius 1 is 1.03 bits per heavy atom. The third kappa shape index (κ3) is 6.18. The molecular weight excluding hydrogens is 398 g/mol. The van der Waals surface area contributed by atoms with Crippen molar-refractivity contribution in [2.45, 2.75) is 79.8 Å². The second kappa shape index (κ2) is 11.1. The van der Waals surface area contributed by atoms with Gasteiger partial charge in [-0.1, -0.05) is 57.7 Å². The van der Waals surface area contributed by atoms with Crippen molar-refractivity contribution >= 4 is 5.91 Å². The molecule has 1 aromatic carbocycles. The van der Waals surface area contributed by atoms with E-state index >= 15 is 0 Å². The van der Waals surface area contributed by atoms with Gasteiger partial charge < -0.3 is 14.8 Å². The minimum Gasteiger partial charge on any atom is -0.342 e. The number of hydrogen-bond acceptors (Lipinski definition) is 4. The average Bonchev–Trinajstić information content (AvgIpc) is 3.04. The van der Waals surface area contributed by atoms with Crippen molar-refractivity contribution in [2.75, 3.05) is 19.6 Å². The summed E-state index contributed by atoms with van der Waals surface area (Å²) in [5.74, 6) is 3.09. The summed E-state index contributed by atoms with van der Waals surface area (Å²) in [5, 5.41) is 12.4. The lowest BCUT2D eigenvalue weighted by Gasteiger charge is -2.25. The van der Waals surface area contributed by atoms with Gasteiger partial charge in [-0.2, -0.15) is 0 Å². The quantitative estimate of drug-likeness (QED) is 0.615. The summed E-state index contributed by atoms with van der Waals surface area (Å²) in [6.07, 6.45) is 4.20. The van der Waals surface area contributed by atoms with Gasteiger partial charge in [0.2, 0.25) is 0 Å². The molecule has 0 fully saturated rings. The van der Waals surface area contributed by atoms with Gasteiger partial charge >= 0.3 is 0 Å². The molecule has 1 N–H and O–H groups in total. The Bertz CT molecular complexity index is 879. The van der Waals surface area contributed by atoms with E-state index in [1.54, 1.807) is 0 Å². The fraction of sp³-hybridized carbons (Fsp3) is 0.654. The Balaban J connectivity index is 1.78. The van der Waals surface area contributed by atoms with Gasteiger partial charge in [0.25, 0.3) is 5.91 Å². The van der Waals surface area contributed by atoms with Crippen LogP contribution in [-0.4, -0.2) is 45.2 Å². The number of nitrogens with one attached hydrogen (secondary N) is 1. The summed E-state index contributed by atoms with van der Waals surface area (Å²) in [4.78, 5) is 15.7. The number of fused-ring (bicyclic) bond motifs is 1. The summed E-state index contributed by atoms with van der Waals surface area (Å²) in [6, 6.07) is 5.85. The monoisotopic (exact) mass is 439 g/mol. The van der Waals surface area contributed by atoms with Crippen molar-refractivity contribution in [3.05, 3.63) is 46.5 Å². The van der Waals surface area contributed by atoms with Crippen molar-refractivity contribution in [1.82, 2.24) is 25.0 Å².